The van der Waals surface area contributed by atoms with E-state index >= 15 is 0 Å². The minimum atomic E-state index is -0.427. The molecule has 7 heteroatoms. The molecule has 5 nitrogen and oxygen atoms in total. The second-order valence-electron chi connectivity index (χ2n) is 6.02. The SMILES string of the molecule is Cc1ccc(-c2nc(CN3C(=O)c4cc(Cl)c(Cl)cc4C3=O)co2)cc1. The zero-order valence-corrected chi connectivity index (χ0v) is 15.1. The molecule has 0 unspecified atom stereocenters. The largest absolute Gasteiger partial charge is 0.444 e. The Morgan fingerprint density at radius 3 is 2.15 bits per heavy atom. The molecular formula is C19H12Cl2N2O3. The van der Waals surface area contributed by atoms with E-state index < -0.39 is 11.8 Å². The number of oxazole rings is 1. The summed E-state index contributed by atoms with van der Waals surface area (Å²) < 4.78 is 5.48. The summed E-state index contributed by atoms with van der Waals surface area (Å²) in [5.74, 6) is -0.422. The van der Waals surface area contributed by atoms with Crippen LogP contribution in [-0.2, 0) is 6.54 Å². The van der Waals surface area contributed by atoms with Gasteiger partial charge in [-0.25, -0.2) is 4.98 Å². The Kier molecular flexibility index (Phi) is 4.05. The number of carbonyl (C=O) groups excluding carboxylic acids is 2. The van der Waals surface area contributed by atoms with Crippen molar-refractivity contribution in [1.82, 2.24) is 9.88 Å². The van der Waals surface area contributed by atoms with E-state index in [1.54, 1.807) is 0 Å². The number of amides is 2. The topological polar surface area (TPSA) is 63.4 Å². The number of carbonyl (C=O) groups is 2. The summed E-state index contributed by atoms with van der Waals surface area (Å²) in [6.45, 7) is 2.00. The molecule has 26 heavy (non-hydrogen) atoms. The van der Waals surface area contributed by atoms with Crippen LogP contribution in [0.3, 0.4) is 0 Å². The van der Waals surface area contributed by atoms with Crippen LogP contribution in [-0.4, -0.2) is 21.7 Å². The molecule has 3 aromatic rings. The first-order chi connectivity index (χ1) is 12.4. The number of hydrogen-bond donors (Lipinski definition) is 0. The maximum atomic E-state index is 12.5. The van der Waals surface area contributed by atoms with Gasteiger partial charge in [0.1, 0.15) is 6.26 Å². The van der Waals surface area contributed by atoms with E-state index in [-0.39, 0.29) is 27.7 Å². The average Bonchev–Trinajstić information content (AvgIpc) is 3.17. The maximum Gasteiger partial charge on any atom is 0.261 e. The molecule has 0 radical (unpaired) electrons. The molecule has 130 valence electrons. The van der Waals surface area contributed by atoms with Crippen LogP contribution in [0.2, 0.25) is 10.0 Å². The maximum absolute atomic E-state index is 12.5. The second-order valence-corrected chi connectivity index (χ2v) is 6.83. The number of imide groups is 1. The molecule has 0 fully saturated rings. The third-order valence-corrected chi connectivity index (χ3v) is 4.90. The van der Waals surface area contributed by atoms with E-state index in [0.29, 0.717) is 11.6 Å². The Hall–Kier alpha value is -2.63. The number of hydrogen-bond acceptors (Lipinski definition) is 4. The molecule has 2 amide bonds. The molecule has 0 N–H and O–H groups in total. The zero-order valence-electron chi connectivity index (χ0n) is 13.6. The molecule has 0 atom stereocenters. The van der Waals surface area contributed by atoms with Crippen LogP contribution < -0.4 is 0 Å². The molecule has 1 aromatic heterocycles. The van der Waals surface area contributed by atoms with Crippen molar-refractivity contribution >= 4 is 35.0 Å². The summed E-state index contributed by atoms with van der Waals surface area (Å²) in [6, 6.07) is 10.5. The molecule has 1 aliphatic heterocycles. The third-order valence-electron chi connectivity index (χ3n) is 4.18. The first kappa shape index (κ1) is 16.8. The monoisotopic (exact) mass is 386 g/mol. The number of nitrogens with zero attached hydrogens (tertiary/aromatic N) is 2. The summed E-state index contributed by atoms with van der Waals surface area (Å²) in [5, 5.41) is 0.466. The highest BCUT2D eigenvalue weighted by atomic mass is 35.5. The van der Waals surface area contributed by atoms with E-state index in [0.717, 1.165) is 16.0 Å². The molecule has 2 aromatic carbocycles. The van der Waals surface area contributed by atoms with E-state index in [4.69, 9.17) is 27.6 Å². The summed E-state index contributed by atoms with van der Waals surface area (Å²) in [7, 11) is 0. The average molecular weight is 387 g/mol. The third kappa shape index (κ3) is 2.79. The van der Waals surface area contributed by atoms with Gasteiger partial charge in [-0.05, 0) is 31.2 Å². The van der Waals surface area contributed by atoms with Gasteiger partial charge in [0.15, 0.2) is 0 Å². The zero-order chi connectivity index (χ0) is 18.4. The number of aryl methyl sites for hydroxylation is 1. The van der Waals surface area contributed by atoms with Crippen LogP contribution in [0.1, 0.15) is 32.0 Å². The van der Waals surface area contributed by atoms with Crippen LogP contribution in [0.15, 0.2) is 47.1 Å². The number of benzene rings is 2. The molecule has 0 saturated carbocycles. The van der Waals surface area contributed by atoms with Gasteiger partial charge in [0, 0.05) is 5.56 Å². The number of aromatic nitrogens is 1. The Morgan fingerprint density at radius 1 is 1.00 bits per heavy atom. The molecular weight excluding hydrogens is 375 g/mol. The van der Waals surface area contributed by atoms with Gasteiger partial charge in [0.25, 0.3) is 11.8 Å². The summed E-state index contributed by atoms with van der Waals surface area (Å²) in [6.07, 6.45) is 1.44. The van der Waals surface area contributed by atoms with Crippen molar-refractivity contribution in [3.05, 3.63) is 75.1 Å². The minimum absolute atomic E-state index is 0.0109. The lowest BCUT2D eigenvalue weighted by atomic mass is 10.1. The number of halogens is 2. The molecule has 4 rings (SSSR count). The highest BCUT2D eigenvalue weighted by molar-refractivity contribution is 6.43. The van der Waals surface area contributed by atoms with Gasteiger partial charge in [-0.1, -0.05) is 40.9 Å². The van der Waals surface area contributed by atoms with Crippen LogP contribution in [0.25, 0.3) is 11.5 Å². The van der Waals surface area contributed by atoms with E-state index in [1.165, 1.54) is 18.4 Å². The van der Waals surface area contributed by atoms with Crippen LogP contribution in [0.5, 0.6) is 0 Å². The molecule has 0 saturated heterocycles. The lowest BCUT2D eigenvalue weighted by Crippen LogP contribution is -2.29. The van der Waals surface area contributed by atoms with Crippen molar-refractivity contribution in [1.29, 1.82) is 0 Å². The highest BCUT2D eigenvalue weighted by Gasteiger charge is 2.36. The molecule has 0 aliphatic carbocycles. The van der Waals surface area contributed by atoms with Crippen LogP contribution in [0.4, 0.5) is 0 Å². The first-order valence-corrected chi connectivity index (χ1v) is 8.56. The van der Waals surface area contributed by atoms with Gasteiger partial charge in [-0.2, -0.15) is 0 Å². The second kappa shape index (κ2) is 6.27. The standard InChI is InChI=1S/C19H12Cl2N2O3/c1-10-2-4-11(5-3-10)17-22-12(9-26-17)8-23-18(24)13-6-15(20)16(21)7-14(13)19(23)25/h2-7,9H,8H2,1H3. The molecule has 0 bridgehead atoms. The fourth-order valence-electron chi connectivity index (χ4n) is 2.80. The van der Waals surface area contributed by atoms with Crippen LogP contribution in [0, 0.1) is 6.92 Å². The molecule has 0 spiro atoms. The molecule has 2 heterocycles. The van der Waals surface area contributed by atoms with E-state index in [1.807, 2.05) is 31.2 Å². The normalized spacial score (nSPS) is 13.4. The predicted octanol–water partition coefficient (Wildman–Crippen LogP) is 4.75. The Labute approximate surface area is 159 Å². The summed E-state index contributed by atoms with van der Waals surface area (Å²) in [5.41, 5.74) is 2.91. The van der Waals surface area contributed by atoms with Crippen molar-refractivity contribution in [3.8, 4) is 11.5 Å². The van der Waals surface area contributed by atoms with Crippen molar-refractivity contribution in [2.45, 2.75) is 13.5 Å². The lowest BCUT2D eigenvalue weighted by molar-refractivity contribution is 0.0640. The first-order valence-electron chi connectivity index (χ1n) is 7.80. The van der Waals surface area contributed by atoms with Gasteiger partial charge < -0.3 is 4.42 Å². The van der Waals surface area contributed by atoms with Gasteiger partial charge in [-0.15, -0.1) is 0 Å². The quantitative estimate of drug-likeness (QED) is 0.609. The van der Waals surface area contributed by atoms with Gasteiger partial charge in [0.2, 0.25) is 5.89 Å². The summed E-state index contributed by atoms with van der Waals surface area (Å²) >= 11 is 11.9. The highest BCUT2D eigenvalue weighted by Crippen LogP contribution is 2.32. The Bertz CT molecular complexity index is 1000. The number of rotatable bonds is 3. The van der Waals surface area contributed by atoms with Crippen molar-refractivity contribution in [3.63, 3.8) is 0 Å². The van der Waals surface area contributed by atoms with Crippen LogP contribution >= 0.6 is 23.2 Å². The van der Waals surface area contributed by atoms with Gasteiger partial charge in [0.05, 0.1) is 33.4 Å². The van der Waals surface area contributed by atoms with Crippen molar-refractivity contribution in [2.24, 2.45) is 0 Å². The fourth-order valence-corrected chi connectivity index (χ4v) is 3.12. The van der Waals surface area contributed by atoms with E-state index in [2.05, 4.69) is 4.98 Å². The smallest absolute Gasteiger partial charge is 0.261 e. The predicted molar refractivity (Wildman–Crippen MR) is 97.3 cm³/mol. The van der Waals surface area contributed by atoms with Gasteiger partial charge >= 0.3 is 0 Å². The minimum Gasteiger partial charge on any atom is -0.444 e. The lowest BCUT2D eigenvalue weighted by Gasteiger charge is -2.11. The summed E-state index contributed by atoms with van der Waals surface area (Å²) in [4.78, 5) is 30.5. The molecule has 1 aliphatic rings. The Morgan fingerprint density at radius 2 is 1.58 bits per heavy atom. The Balaban J connectivity index is 1.60. The van der Waals surface area contributed by atoms with Gasteiger partial charge in [-0.3, -0.25) is 14.5 Å². The van der Waals surface area contributed by atoms with Crippen molar-refractivity contribution in [2.75, 3.05) is 0 Å². The van der Waals surface area contributed by atoms with E-state index in [9.17, 15) is 9.59 Å². The number of fused-ring (bicyclic) bond motifs is 1. The van der Waals surface area contributed by atoms with Crippen molar-refractivity contribution < 1.29 is 14.0 Å². The fraction of sp³-hybridized carbons (Fsp3) is 0.105.